The second-order valence-corrected chi connectivity index (χ2v) is 7.81. The molecule has 0 bridgehead atoms. The van der Waals surface area contributed by atoms with Crippen molar-refractivity contribution in [3.63, 3.8) is 0 Å². The summed E-state index contributed by atoms with van der Waals surface area (Å²) in [6.45, 7) is 2.80. The van der Waals surface area contributed by atoms with Gasteiger partial charge in [0.2, 0.25) is 10.0 Å². The molecule has 0 spiro atoms. The highest BCUT2D eigenvalue weighted by Gasteiger charge is 2.28. The van der Waals surface area contributed by atoms with Crippen molar-refractivity contribution in [2.75, 3.05) is 17.8 Å². The number of anilines is 1. The van der Waals surface area contributed by atoms with Gasteiger partial charge in [0.15, 0.2) is 0 Å². The molecule has 21 heavy (non-hydrogen) atoms. The van der Waals surface area contributed by atoms with Gasteiger partial charge in [-0.1, -0.05) is 0 Å². The second-order valence-electron chi connectivity index (χ2n) is 4.99. The van der Waals surface area contributed by atoms with Gasteiger partial charge in [0, 0.05) is 22.6 Å². The average Bonchev–Trinajstić information content (AvgIpc) is 2.42. The Morgan fingerprint density at radius 1 is 1.48 bits per heavy atom. The van der Waals surface area contributed by atoms with Crippen molar-refractivity contribution in [1.82, 2.24) is 5.32 Å². The maximum absolute atomic E-state index is 12.3. The third kappa shape index (κ3) is 3.72. The van der Waals surface area contributed by atoms with E-state index in [0.717, 1.165) is 13.0 Å². The van der Waals surface area contributed by atoms with Crippen LogP contribution < -0.4 is 10.0 Å². The highest BCUT2D eigenvalue weighted by molar-refractivity contribution is 9.10. The minimum atomic E-state index is -3.58. The standard InChI is InChI=1S/C12H16BrN3O4S/c1-8-5-10(13)11(6-12(8)16(17)18)15-21(19,20)9-3-2-4-14-7-9/h5-6,9,14-15H,2-4,7H2,1H3. The van der Waals surface area contributed by atoms with Crippen LogP contribution in [0.4, 0.5) is 11.4 Å². The zero-order chi connectivity index (χ0) is 15.6. The summed E-state index contributed by atoms with van der Waals surface area (Å²) in [6.07, 6.45) is 1.37. The number of piperidine rings is 1. The third-order valence-electron chi connectivity index (χ3n) is 3.43. The molecule has 1 atom stereocenters. The second kappa shape index (κ2) is 6.29. The summed E-state index contributed by atoms with van der Waals surface area (Å²) in [5, 5.41) is 13.5. The zero-order valence-electron chi connectivity index (χ0n) is 11.4. The lowest BCUT2D eigenvalue weighted by atomic mass is 10.2. The van der Waals surface area contributed by atoms with Gasteiger partial charge in [0.25, 0.3) is 5.69 Å². The number of benzene rings is 1. The largest absolute Gasteiger partial charge is 0.315 e. The van der Waals surface area contributed by atoms with Gasteiger partial charge in [-0.05, 0) is 48.3 Å². The van der Waals surface area contributed by atoms with Crippen molar-refractivity contribution in [3.05, 3.63) is 32.3 Å². The van der Waals surface area contributed by atoms with Gasteiger partial charge < -0.3 is 5.32 Å². The van der Waals surface area contributed by atoms with Gasteiger partial charge in [0.1, 0.15) is 0 Å². The van der Waals surface area contributed by atoms with E-state index in [2.05, 4.69) is 26.0 Å². The van der Waals surface area contributed by atoms with Crippen molar-refractivity contribution < 1.29 is 13.3 Å². The van der Waals surface area contributed by atoms with Crippen molar-refractivity contribution in [2.24, 2.45) is 0 Å². The number of sulfonamides is 1. The number of rotatable bonds is 4. The SMILES string of the molecule is Cc1cc(Br)c(NS(=O)(=O)C2CCCNC2)cc1[N+](=O)[O-]. The Hall–Kier alpha value is -1.19. The molecule has 1 aliphatic rings. The number of nitro groups is 1. The van der Waals surface area contributed by atoms with E-state index < -0.39 is 20.2 Å². The predicted molar refractivity (Wildman–Crippen MR) is 84.0 cm³/mol. The molecule has 116 valence electrons. The molecule has 7 nitrogen and oxygen atoms in total. The smallest absolute Gasteiger partial charge is 0.274 e. The van der Waals surface area contributed by atoms with Gasteiger partial charge in [-0.2, -0.15) is 0 Å². The topological polar surface area (TPSA) is 101 Å². The van der Waals surface area contributed by atoms with Crippen LogP contribution in [0.5, 0.6) is 0 Å². The fourth-order valence-corrected chi connectivity index (χ4v) is 4.40. The van der Waals surface area contributed by atoms with Gasteiger partial charge in [-0.3, -0.25) is 14.8 Å². The number of hydrogen-bond acceptors (Lipinski definition) is 5. The van der Waals surface area contributed by atoms with Crippen molar-refractivity contribution in [3.8, 4) is 0 Å². The molecular formula is C12H16BrN3O4S. The summed E-state index contributed by atoms with van der Waals surface area (Å²) in [4.78, 5) is 10.4. The summed E-state index contributed by atoms with van der Waals surface area (Å²) in [5.74, 6) is 0. The molecule has 1 heterocycles. The van der Waals surface area contributed by atoms with E-state index in [1.165, 1.54) is 12.1 Å². The minimum Gasteiger partial charge on any atom is -0.315 e. The molecule has 1 unspecified atom stereocenters. The number of aryl methyl sites for hydroxylation is 1. The molecule has 0 aliphatic carbocycles. The molecule has 0 radical (unpaired) electrons. The van der Waals surface area contributed by atoms with Gasteiger partial charge in [-0.25, -0.2) is 8.42 Å². The molecule has 1 fully saturated rings. The fourth-order valence-electron chi connectivity index (χ4n) is 2.26. The van der Waals surface area contributed by atoms with Crippen LogP contribution in [-0.4, -0.2) is 31.7 Å². The molecule has 0 amide bonds. The molecule has 0 aromatic heterocycles. The fraction of sp³-hybridized carbons (Fsp3) is 0.500. The molecule has 2 N–H and O–H groups in total. The lowest BCUT2D eigenvalue weighted by molar-refractivity contribution is -0.385. The highest BCUT2D eigenvalue weighted by atomic mass is 79.9. The Labute approximate surface area is 131 Å². The van der Waals surface area contributed by atoms with E-state index in [1.807, 2.05) is 0 Å². The Kier molecular flexibility index (Phi) is 4.84. The van der Waals surface area contributed by atoms with Crippen LogP contribution in [0, 0.1) is 17.0 Å². The number of nitrogens with one attached hydrogen (secondary N) is 2. The molecule has 2 rings (SSSR count). The van der Waals surface area contributed by atoms with Gasteiger partial charge >= 0.3 is 0 Å². The van der Waals surface area contributed by atoms with Crippen LogP contribution in [-0.2, 0) is 10.0 Å². The summed E-state index contributed by atoms with van der Waals surface area (Å²) in [7, 11) is -3.58. The lowest BCUT2D eigenvalue weighted by Gasteiger charge is -2.23. The van der Waals surface area contributed by atoms with Crippen LogP contribution in [0.25, 0.3) is 0 Å². The van der Waals surface area contributed by atoms with Crippen molar-refractivity contribution >= 4 is 37.3 Å². The van der Waals surface area contributed by atoms with Crippen LogP contribution >= 0.6 is 15.9 Å². The number of nitro benzene ring substituents is 1. The first-order valence-corrected chi connectivity index (χ1v) is 8.82. The highest BCUT2D eigenvalue weighted by Crippen LogP contribution is 2.32. The Morgan fingerprint density at radius 3 is 2.76 bits per heavy atom. The monoisotopic (exact) mass is 377 g/mol. The maximum Gasteiger partial charge on any atom is 0.274 e. The van der Waals surface area contributed by atoms with Crippen LogP contribution in [0.2, 0.25) is 0 Å². The molecule has 1 saturated heterocycles. The van der Waals surface area contributed by atoms with E-state index in [-0.39, 0.29) is 11.4 Å². The first kappa shape index (κ1) is 16.2. The Bertz CT molecular complexity index is 657. The quantitative estimate of drug-likeness (QED) is 0.618. The first-order chi connectivity index (χ1) is 9.81. The molecule has 1 aromatic carbocycles. The van der Waals surface area contributed by atoms with E-state index in [0.29, 0.717) is 23.0 Å². The summed E-state index contributed by atoms with van der Waals surface area (Å²) in [6, 6.07) is 2.78. The molecule has 1 aromatic rings. The van der Waals surface area contributed by atoms with Crippen LogP contribution in [0.3, 0.4) is 0 Å². The molecule has 9 heteroatoms. The Balaban J connectivity index is 2.30. The number of nitrogens with zero attached hydrogens (tertiary/aromatic N) is 1. The first-order valence-electron chi connectivity index (χ1n) is 6.48. The van der Waals surface area contributed by atoms with Crippen LogP contribution in [0.15, 0.2) is 16.6 Å². The van der Waals surface area contributed by atoms with E-state index in [1.54, 1.807) is 6.92 Å². The van der Waals surface area contributed by atoms with E-state index in [4.69, 9.17) is 0 Å². The minimum absolute atomic E-state index is 0.113. The summed E-state index contributed by atoms with van der Waals surface area (Å²) in [5.41, 5.74) is 0.546. The summed E-state index contributed by atoms with van der Waals surface area (Å²) < 4.78 is 27.6. The molecule has 1 aliphatic heterocycles. The maximum atomic E-state index is 12.3. The molecule has 0 saturated carbocycles. The average molecular weight is 378 g/mol. The van der Waals surface area contributed by atoms with Crippen molar-refractivity contribution in [2.45, 2.75) is 25.0 Å². The third-order valence-corrected chi connectivity index (χ3v) is 5.87. The summed E-state index contributed by atoms with van der Waals surface area (Å²) >= 11 is 3.24. The molecular weight excluding hydrogens is 362 g/mol. The van der Waals surface area contributed by atoms with Gasteiger partial charge in [0.05, 0.1) is 15.9 Å². The normalized spacial score (nSPS) is 19.2. The Morgan fingerprint density at radius 2 is 2.19 bits per heavy atom. The van der Waals surface area contributed by atoms with E-state index in [9.17, 15) is 18.5 Å². The number of hydrogen-bond donors (Lipinski definition) is 2. The van der Waals surface area contributed by atoms with Crippen molar-refractivity contribution in [1.29, 1.82) is 0 Å². The number of halogens is 1. The van der Waals surface area contributed by atoms with Crippen LogP contribution in [0.1, 0.15) is 18.4 Å². The van der Waals surface area contributed by atoms with E-state index >= 15 is 0 Å². The van der Waals surface area contributed by atoms with Gasteiger partial charge in [-0.15, -0.1) is 0 Å². The lowest BCUT2D eigenvalue weighted by Crippen LogP contribution is -2.41. The zero-order valence-corrected chi connectivity index (χ0v) is 13.8. The predicted octanol–water partition coefficient (Wildman–Crippen LogP) is 2.16.